The van der Waals surface area contributed by atoms with Gasteiger partial charge in [0.1, 0.15) is 0 Å². The number of hydrogen-bond acceptors (Lipinski definition) is 3. The van der Waals surface area contributed by atoms with E-state index in [9.17, 15) is 14.7 Å². The van der Waals surface area contributed by atoms with Gasteiger partial charge in [-0.1, -0.05) is 19.3 Å². The second-order valence-corrected chi connectivity index (χ2v) is 5.83. The average molecular weight is 283 g/mol. The molecule has 6 nitrogen and oxygen atoms in total. The van der Waals surface area contributed by atoms with Crippen LogP contribution in [0.1, 0.15) is 44.9 Å². The van der Waals surface area contributed by atoms with E-state index in [2.05, 4.69) is 16.0 Å². The van der Waals surface area contributed by atoms with Gasteiger partial charge in [0, 0.05) is 12.1 Å². The lowest BCUT2D eigenvalue weighted by atomic mass is 9.95. The summed E-state index contributed by atoms with van der Waals surface area (Å²) in [7, 11) is 0. The molecule has 0 aromatic rings. The highest BCUT2D eigenvalue weighted by atomic mass is 16.4. The number of piperidine rings is 1. The third kappa shape index (κ3) is 4.37. The van der Waals surface area contributed by atoms with E-state index in [4.69, 9.17) is 0 Å². The lowest BCUT2D eigenvalue weighted by Crippen LogP contribution is -2.51. The van der Waals surface area contributed by atoms with Gasteiger partial charge in [0.05, 0.1) is 5.92 Å². The Morgan fingerprint density at radius 3 is 2.35 bits per heavy atom. The fourth-order valence-electron chi connectivity index (χ4n) is 3.14. The molecule has 0 aromatic heterocycles. The van der Waals surface area contributed by atoms with Crippen LogP contribution in [0.15, 0.2) is 0 Å². The maximum Gasteiger partial charge on any atom is 0.315 e. The van der Waals surface area contributed by atoms with Crippen LogP contribution in [-0.4, -0.2) is 42.3 Å². The molecule has 20 heavy (non-hydrogen) atoms. The third-order valence-electron chi connectivity index (χ3n) is 4.32. The number of hydrogen-bond donors (Lipinski definition) is 4. The first kappa shape index (κ1) is 15.1. The summed E-state index contributed by atoms with van der Waals surface area (Å²) in [5, 5.41) is 18.4. The Labute approximate surface area is 119 Å². The monoisotopic (exact) mass is 283 g/mol. The average Bonchev–Trinajstić information content (AvgIpc) is 2.65. The van der Waals surface area contributed by atoms with Crippen LogP contribution >= 0.6 is 0 Å². The Hall–Kier alpha value is -1.30. The Morgan fingerprint density at radius 2 is 1.65 bits per heavy atom. The fraction of sp³-hybridized carbons (Fsp3) is 0.857. The van der Waals surface area contributed by atoms with Gasteiger partial charge in [-0.15, -0.1) is 0 Å². The summed E-state index contributed by atoms with van der Waals surface area (Å²) in [5.41, 5.74) is 0. The highest BCUT2D eigenvalue weighted by molar-refractivity contribution is 5.77. The van der Waals surface area contributed by atoms with E-state index in [1.165, 1.54) is 0 Å². The fourth-order valence-corrected chi connectivity index (χ4v) is 3.14. The van der Waals surface area contributed by atoms with Crippen LogP contribution in [0.25, 0.3) is 0 Å². The molecule has 1 heterocycles. The zero-order valence-electron chi connectivity index (χ0n) is 11.9. The van der Waals surface area contributed by atoms with Gasteiger partial charge in [0.15, 0.2) is 0 Å². The largest absolute Gasteiger partial charge is 0.481 e. The SMILES string of the molecule is O=C(NC1CCNCC1)NC1CCCCCC1C(=O)O. The normalized spacial score (nSPS) is 28.4. The lowest BCUT2D eigenvalue weighted by Gasteiger charge is -2.27. The number of amides is 2. The second-order valence-electron chi connectivity index (χ2n) is 5.83. The van der Waals surface area contributed by atoms with Crippen LogP contribution < -0.4 is 16.0 Å². The molecule has 2 atom stereocenters. The number of rotatable bonds is 3. The summed E-state index contributed by atoms with van der Waals surface area (Å²) in [6.45, 7) is 1.85. The van der Waals surface area contributed by atoms with Crippen LogP contribution in [-0.2, 0) is 4.79 Å². The lowest BCUT2D eigenvalue weighted by molar-refractivity contribution is -0.142. The van der Waals surface area contributed by atoms with Crippen LogP contribution in [0, 0.1) is 5.92 Å². The van der Waals surface area contributed by atoms with Crippen molar-refractivity contribution in [2.45, 2.75) is 57.0 Å². The molecule has 0 bridgehead atoms. The van der Waals surface area contributed by atoms with Gasteiger partial charge in [0.25, 0.3) is 0 Å². The molecule has 0 spiro atoms. The zero-order valence-corrected chi connectivity index (χ0v) is 11.9. The number of nitrogens with one attached hydrogen (secondary N) is 3. The molecule has 2 amide bonds. The Kier molecular flexibility index (Phi) is 5.64. The van der Waals surface area contributed by atoms with E-state index >= 15 is 0 Å². The number of carbonyl (C=O) groups excluding carboxylic acids is 1. The van der Waals surface area contributed by atoms with Crippen molar-refractivity contribution in [1.29, 1.82) is 0 Å². The molecule has 1 aliphatic carbocycles. The first-order valence-electron chi connectivity index (χ1n) is 7.67. The second kappa shape index (κ2) is 7.47. The van der Waals surface area contributed by atoms with E-state index in [0.29, 0.717) is 6.42 Å². The minimum absolute atomic E-state index is 0.199. The van der Waals surface area contributed by atoms with Gasteiger partial charge in [-0.2, -0.15) is 0 Å². The first-order valence-corrected chi connectivity index (χ1v) is 7.67. The Morgan fingerprint density at radius 1 is 0.950 bits per heavy atom. The molecule has 2 aliphatic rings. The van der Waals surface area contributed by atoms with Crippen molar-refractivity contribution in [2.24, 2.45) is 5.92 Å². The van der Waals surface area contributed by atoms with Gasteiger partial charge in [-0.25, -0.2) is 4.79 Å². The molecule has 1 aliphatic heterocycles. The van der Waals surface area contributed by atoms with E-state index in [1.54, 1.807) is 0 Å². The van der Waals surface area contributed by atoms with Crippen molar-refractivity contribution in [3.63, 3.8) is 0 Å². The molecule has 6 heteroatoms. The first-order chi connectivity index (χ1) is 9.66. The molecule has 1 saturated heterocycles. The predicted octanol–water partition coefficient (Wildman–Crippen LogP) is 1.07. The van der Waals surface area contributed by atoms with Gasteiger partial charge in [-0.3, -0.25) is 4.79 Å². The Balaban J connectivity index is 1.85. The molecule has 2 unspecified atom stereocenters. The van der Waals surface area contributed by atoms with Crippen LogP contribution in [0.3, 0.4) is 0 Å². The minimum atomic E-state index is -0.793. The summed E-state index contributed by atoms with van der Waals surface area (Å²) in [6.07, 6.45) is 6.26. The maximum absolute atomic E-state index is 12.0. The number of urea groups is 1. The molecule has 114 valence electrons. The van der Waals surface area contributed by atoms with Crippen molar-refractivity contribution in [3.8, 4) is 0 Å². The third-order valence-corrected chi connectivity index (χ3v) is 4.32. The molecule has 4 N–H and O–H groups in total. The standard InChI is InChI=1S/C14H25N3O3/c18-13(19)11-4-2-1-3-5-12(11)17-14(20)16-10-6-8-15-9-7-10/h10-12,15H,1-9H2,(H,18,19)(H2,16,17,20). The summed E-state index contributed by atoms with van der Waals surface area (Å²) in [5.74, 6) is -1.24. The molecule has 1 saturated carbocycles. The minimum Gasteiger partial charge on any atom is -0.481 e. The van der Waals surface area contributed by atoms with Crippen LogP contribution in [0.2, 0.25) is 0 Å². The van der Waals surface area contributed by atoms with Crippen LogP contribution in [0.5, 0.6) is 0 Å². The summed E-state index contributed by atoms with van der Waals surface area (Å²) >= 11 is 0. The molecule has 0 aromatic carbocycles. The molecule has 2 fully saturated rings. The Bertz CT molecular complexity index is 343. The van der Waals surface area contributed by atoms with Gasteiger partial charge in [0.2, 0.25) is 0 Å². The quantitative estimate of drug-likeness (QED) is 0.583. The molecular formula is C14H25N3O3. The van der Waals surface area contributed by atoms with Crippen molar-refractivity contribution < 1.29 is 14.7 Å². The van der Waals surface area contributed by atoms with E-state index in [0.717, 1.165) is 51.6 Å². The van der Waals surface area contributed by atoms with E-state index in [1.807, 2.05) is 0 Å². The number of carboxylic acids is 1. The van der Waals surface area contributed by atoms with E-state index in [-0.39, 0.29) is 18.1 Å². The number of carbonyl (C=O) groups is 2. The van der Waals surface area contributed by atoms with Gasteiger partial charge in [-0.05, 0) is 38.8 Å². The van der Waals surface area contributed by atoms with E-state index < -0.39 is 11.9 Å². The highest BCUT2D eigenvalue weighted by Gasteiger charge is 2.31. The van der Waals surface area contributed by atoms with Gasteiger partial charge < -0.3 is 21.1 Å². The highest BCUT2D eigenvalue weighted by Crippen LogP contribution is 2.23. The topological polar surface area (TPSA) is 90.5 Å². The van der Waals surface area contributed by atoms with Gasteiger partial charge >= 0.3 is 12.0 Å². The zero-order chi connectivity index (χ0) is 14.4. The molecule has 0 radical (unpaired) electrons. The predicted molar refractivity (Wildman–Crippen MR) is 75.6 cm³/mol. The van der Waals surface area contributed by atoms with Crippen molar-refractivity contribution in [1.82, 2.24) is 16.0 Å². The smallest absolute Gasteiger partial charge is 0.315 e. The molecule has 2 rings (SSSR count). The number of aliphatic carboxylic acids is 1. The summed E-state index contributed by atoms with van der Waals surface area (Å²) in [4.78, 5) is 23.3. The van der Waals surface area contributed by atoms with Crippen molar-refractivity contribution in [2.75, 3.05) is 13.1 Å². The number of carboxylic acid groups (broad SMARTS) is 1. The van der Waals surface area contributed by atoms with Crippen LogP contribution in [0.4, 0.5) is 4.79 Å². The van der Waals surface area contributed by atoms with Crippen molar-refractivity contribution >= 4 is 12.0 Å². The molecular weight excluding hydrogens is 258 g/mol. The maximum atomic E-state index is 12.0. The summed E-state index contributed by atoms with van der Waals surface area (Å²) < 4.78 is 0. The summed E-state index contributed by atoms with van der Waals surface area (Å²) in [6, 6.07) is -0.253. The van der Waals surface area contributed by atoms with Crippen molar-refractivity contribution in [3.05, 3.63) is 0 Å².